The lowest BCUT2D eigenvalue weighted by atomic mass is 9.80. The van der Waals surface area contributed by atoms with Crippen LogP contribution in [0.5, 0.6) is 0 Å². The Labute approximate surface area is 176 Å². The molecule has 2 aliphatic rings. The summed E-state index contributed by atoms with van der Waals surface area (Å²) >= 11 is 0. The lowest BCUT2D eigenvalue weighted by Crippen LogP contribution is -2.40. The smallest absolute Gasteiger partial charge is 0.139 e. The van der Waals surface area contributed by atoms with Crippen molar-refractivity contribution >= 4 is 5.82 Å². The molecular formula is C25H36FN3. The van der Waals surface area contributed by atoms with Crippen LogP contribution in [0.1, 0.15) is 58.9 Å². The van der Waals surface area contributed by atoms with Gasteiger partial charge in [0.25, 0.3) is 0 Å². The Balaban J connectivity index is 1.46. The van der Waals surface area contributed by atoms with E-state index in [1.54, 1.807) is 12.3 Å². The molecule has 0 radical (unpaired) electrons. The summed E-state index contributed by atoms with van der Waals surface area (Å²) in [5.74, 6) is 4.67. The number of likely N-dealkylation sites (tertiary alicyclic amines) is 1. The maximum absolute atomic E-state index is 14.6. The molecular weight excluding hydrogens is 361 g/mol. The van der Waals surface area contributed by atoms with Crippen LogP contribution in [0.25, 0.3) is 0 Å². The van der Waals surface area contributed by atoms with Crippen LogP contribution in [-0.2, 0) is 5.67 Å². The lowest BCUT2D eigenvalue weighted by Gasteiger charge is -2.36. The topological polar surface area (TPSA) is 28.2 Å². The Bertz CT molecular complexity index is 767. The molecule has 158 valence electrons. The third-order valence-corrected chi connectivity index (χ3v) is 6.70. The first kappa shape index (κ1) is 21.8. The third-order valence-electron chi connectivity index (χ3n) is 6.70. The number of halogens is 1. The van der Waals surface area contributed by atoms with Crippen molar-refractivity contribution in [3.8, 4) is 12.3 Å². The molecule has 0 spiro atoms. The van der Waals surface area contributed by atoms with E-state index in [0.717, 1.165) is 50.2 Å². The SMILES string of the molecule is C#CC(CN1CCC(CC(=C)Nc2cc(C3(F)CC3C)ccn2)CC1)C(C)(C)C. The second-order valence-electron chi connectivity index (χ2n) is 10.2. The van der Waals surface area contributed by atoms with Crippen LogP contribution in [0.4, 0.5) is 10.2 Å². The van der Waals surface area contributed by atoms with Gasteiger partial charge in [-0.25, -0.2) is 9.37 Å². The van der Waals surface area contributed by atoms with Crippen molar-refractivity contribution in [3.63, 3.8) is 0 Å². The van der Waals surface area contributed by atoms with Crippen LogP contribution >= 0.6 is 0 Å². The van der Waals surface area contributed by atoms with E-state index in [-0.39, 0.29) is 17.3 Å². The van der Waals surface area contributed by atoms with Crippen molar-refractivity contribution < 1.29 is 4.39 Å². The van der Waals surface area contributed by atoms with Crippen molar-refractivity contribution in [1.82, 2.24) is 9.88 Å². The molecule has 3 nitrogen and oxygen atoms in total. The normalized spacial score (nSPS) is 26.6. The van der Waals surface area contributed by atoms with Crippen molar-refractivity contribution in [1.29, 1.82) is 0 Å². The number of hydrogen-bond donors (Lipinski definition) is 1. The number of aromatic nitrogens is 1. The molecule has 3 atom stereocenters. The first-order chi connectivity index (χ1) is 13.6. The Kier molecular flexibility index (Phi) is 6.39. The maximum Gasteiger partial charge on any atom is 0.139 e. The largest absolute Gasteiger partial charge is 0.344 e. The highest BCUT2D eigenvalue weighted by Gasteiger charge is 2.53. The molecule has 4 heteroatoms. The Hall–Kier alpha value is -1.86. The first-order valence-corrected chi connectivity index (χ1v) is 10.9. The molecule has 29 heavy (non-hydrogen) atoms. The number of nitrogens with zero attached hydrogens (tertiary/aromatic N) is 2. The summed E-state index contributed by atoms with van der Waals surface area (Å²) in [6, 6.07) is 3.62. The second kappa shape index (κ2) is 8.48. The van der Waals surface area contributed by atoms with Gasteiger partial charge in [-0.15, -0.1) is 12.3 Å². The average molecular weight is 398 g/mol. The number of allylic oxidation sites excluding steroid dienone is 1. The van der Waals surface area contributed by atoms with Gasteiger partial charge in [-0.2, -0.15) is 0 Å². The molecule has 2 heterocycles. The number of rotatable bonds is 7. The maximum atomic E-state index is 14.6. The van der Waals surface area contributed by atoms with Crippen LogP contribution in [-0.4, -0.2) is 29.5 Å². The van der Waals surface area contributed by atoms with Gasteiger partial charge in [-0.1, -0.05) is 34.3 Å². The van der Waals surface area contributed by atoms with Crippen LogP contribution in [0.3, 0.4) is 0 Å². The molecule has 1 aromatic rings. The number of alkyl halides is 1. The van der Waals surface area contributed by atoms with E-state index < -0.39 is 5.67 Å². The van der Waals surface area contributed by atoms with E-state index in [9.17, 15) is 4.39 Å². The molecule has 3 rings (SSSR count). The fourth-order valence-corrected chi connectivity index (χ4v) is 4.33. The Morgan fingerprint density at radius 2 is 2.10 bits per heavy atom. The predicted molar refractivity (Wildman–Crippen MR) is 119 cm³/mol. The quantitative estimate of drug-likeness (QED) is 0.606. The van der Waals surface area contributed by atoms with E-state index >= 15 is 0 Å². The van der Waals surface area contributed by atoms with Gasteiger partial charge in [0, 0.05) is 24.4 Å². The number of piperidine rings is 1. The van der Waals surface area contributed by atoms with Gasteiger partial charge in [-0.3, -0.25) is 0 Å². The van der Waals surface area contributed by atoms with Gasteiger partial charge in [0.15, 0.2) is 0 Å². The summed E-state index contributed by atoms with van der Waals surface area (Å²) in [6.45, 7) is 16.0. The number of nitrogens with one attached hydrogen (secondary N) is 1. The zero-order valence-electron chi connectivity index (χ0n) is 18.5. The summed E-state index contributed by atoms with van der Waals surface area (Å²) in [4.78, 5) is 6.86. The van der Waals surface area contributed by atoms with Gasteiger partial charge >= 0.3 is 0 Å². The van der Waals surface area contributed by atoms with E-state index in [1.165, 1.54) is 0 Å². The molecule has 1 N–H and O–H groups in total. The van der Waals surface area contributed by atoms with Crippen LogP contribution in [0, 0.1) is 35.5 Å². The van der Waals surface area contributed by atoms with Gasteiger partial charge < -0.3 is 10.2 Å². The molecule has 0 amide bonds. The van der Waals surface area contributed by atoms with Crippen molar-refractivity contribution in [3.05, 3.63) is 36.2 Å². The summed E-state index contributed by atoms with van der Waals surface area (Å²) in [5, 5.41) is 3.30. The standard InChI is InChI=1S/C25H36FN3/c1-7-21(24(4,5)6)17-29-12-9-20(10-13-29)14-19(3)28-23-15-22(8-11-27-23)25(26)16-18(25)2/h1,8,11,15,18,20-21H,3,9-10,12-14,16-17H2,2,4-6H3,(H,27,28). The van der Waals surface area contributed by atoms with E-state index in [0.29, 0.717) is 18.2 Å². The minimum atomic E-state index is -1.17. The van der Waals surface area contributed by atoms with Crippen LogP contribution in [0.15, 0.2) is 30.6 Å². The van der Waals surface area contributed by atoms with E-state index in [4.69, 9.17) is 6.42 Å². The number of terminal acetylenes is 1. The monoisotopic (exact) mass is 397 g/mol. The summed E-state index contributed by atoms with van der Waals surface area (Å²) in [5.41, 5.74) is 0.657. The predicted octanol–water partition coefficient (Wildman–Crippen LogP) is 5.61. The van der Waals surface area contributed by atoms with Crippen molar-refractivity contribution in [2.75, 3.05) is 25.0 Å². The minimum Gasteiger partial charge on any atom is -0.344 e. The molecule has 2 fully saturated rings. The van der Waals surface area contributed by atoms with E-state index in [2.05, 4.69) is 48.5 Å². The van der Waals surface area contributed by atoms with Crippen LogP contribution in [0.2, 0.25) is 0 Å². The number of pyridine rings is 1. The van der Waals surface area contributed by atoms with Crippen LogP contribution < -0.4 is 5.32 Å². The molecule has 1 saturated heterocycles. The van der Waals surface area contributed by atoms with Gasteiger partial charge in [0.1, 0.15) is 11.5 Å². The van der Waals surface area contributed by atoms with Gasteiger partial charge in [0.05, 0.1) is 0 Å². The van der Waals surface area contributed by atoms with Gasteiger partial charge in [0.2, 0.25) is 0 Å². The molecule has 0 aromatic carbocycles. The Morgan fingerprint density at radius 1 is 1.45 bits per heavy atom. The van der Waals surface area contributed by atoms with E-state index in [1.807, 2.05) is 13.0 Å². The number of anilines is 1. The zero-order chi connectivity index (χ0) is 21.2. The molecule has 0 bridgehead atoms. The first-order valence-electron chi connectivity index (χ1n) is 10.9. The molecule has 1 aliphatic carbocycles. The minimum absolute atomic E-state index is 0.0958. The lowest BCUT2D eigenvalue weighted by molar-refractivity contribution is 0.139. The summed E-state index contributed by atoms with van der Waals surface area (Å²) < 4.78 is 14.6. The molecule has 1 aliphatic heterocycles. The average Bonchev–Trinajstić information content (AvgIpc) is 3.28. The highest BCUT2D eigenvalue weighted by molar-refractivity contribution is 5.45. The highest BCUT2D eigenvalue weighted by atomic mass is 19.1. The summed E-state index contributed by atoms with van der Waals surface area (Å²) in [7, 11) is 0. The molecule has 1 aromatic heterocycles. The van der Waals surface area contributed by atoms with Crippen molar-refractivity contribution in [2.45, 2.75) is 59.0 Å². The van der Waals surface area contributed by atoms with Gasteiger partial charge in [-0.05, 0) is 73.7 Å². The fraction of sp³-hybridized carbons (Fsp3) is 0.640. The third kappa shape index (κ3) is 5.39. The van der Waals surface area contributed by atoms with Crippen molar-refractivity contribution in [2.24, 2.45) is 23.2 Å². The number of hydrogen-bond acceptors (Lipinski definition) is 3. The highest BCUT2D eigenvalue weighted by Crippen LogP contribution is 2.55. The zero-order valence-corrected chi connectivity index (χ0v) is 18.5. The Morgan fingerprint density at radius 3 is 2.66 bits per heavy atom. The molecule has 1 saturated carbocycles. The second-order valence-corrected chi connectivity index (χ2v) is 10.2. The molecule has 3 unspecified atom stereocenters. The summed E-state index contributed by atoms with van der Waals surface area (Å²) in [6.07, 6.45) is 11.3. The fourth-order valence-electron chi connectivity index (χ4n) is 4.33.